The zero-order chi connectivity index (χ0) is 12.7. The molecule has 0 radical (unpaired) electrons. The van der Waals surface area contributed by atoms with E-state index in [-0.39, 0.29) is 5.91 Å². The van der Waals surface area contributed by atoms with Gasteiger partial charge in [0.15, 0.2) is 0 Å². The number of hydrogen-bond acceptors (Lipinski definition) is 3. The second-order valence-corrected chi connectivity index (χ2v) is 4.76. The SMILES string of the molecule is CN(C)C(=O)c1ccc2c(c1)nc1n2CCNC1. The van der Waals surface area contributed by atoms with Gasteiger partial charge in [0, 0.05) is 32.7 Å². The summed E-state index contributed by atoms with van der Waals surface area (Å²) in [5.74, 6) is 1.06. The second kappa shape index (κ2) is 4.10. The molecule has 5 heteroatoms. The Morgan fingerprint density at radius 1 is 1.44 bits per heavy atom. The lowest BCUT2D eigenvalue weighted by molar-refractivity contribution is 0.0828. The van der Waals surface area contributed by atoms with Gasteiger partial charge in [-0.1, -0.05) is 0 Å². The highest BCUT2D eigenvalue weighted by molar-refractivity contribution is 5.97. The summed E-state index contributed by atoms with van der Waals surface area (Å²) in [6, 6.07) is 5.75. The van der Waals surface area contributed by atoms with Crippen LogP contribution in [0.3, 0.4) is 0 Å². The summed E-state index contributed by atoms with van der Waals surface area (Å²) in [4.78, 5) is 18.1. The number of rotatable bonds is 1. The Bertz CT molecular complexity index is 615. The van der Waals surface area contributed by atoms with Gasteiger partial charge in [0.2, 0.25) is 0 Å². The molecule has 0 fully saturated rings. The van der Waals surface area contributed by atoms with E-state index < -0.39 is 0 Å². The van der Waals surface area contributed by atoms with Gasteiger partial charge in [0.25, 0.3) is 5.91 Å². The van der Waals surface area contributed by atoms with Crippen LogP contribution in [0.2, 0.25) is 0 Å². The molecule has 5 nitrogen and oxygen atoms in total. The Labute approximate surface area is 105 Å². The molecule has 0 atom stereocenters. The predicted molar refractivity (Wildman–Crippen MR) is 69.5 cm³/mol. The summed E-state index contributed by atoms with van der Waals surface area (Å²) >= 11 is 0. The van der Waals surface area contributed by atoms with Crippen LogP contribution in [-0.2, 0) is 13.1 Å². The Balaban J connectivity index is 2.11. The van der Waals surface area contributed by atoms with Gasteiger partial charge in [0.05, 0.1) is 17.6 Å². The highest BCUT2D eigenvalue weighted by Crippen LogP contribution is 2.20. The van der Waals surface area contributed by atoms with Gasteiger partial charge in [-0.05, 0) is 18.2 Å². The number of imidazole rings is 1. The first kappa shape index (κ1) is 11.2. The van der Waals surface area contributed by atoms with Crippen molar-refractivity contribution in [1.29, 1.82) is 0 Å². The molecular formula is C13H16N4O. The summed E-state index contributed by atoms with van der Waals surface area (Å²) in [7, 11) is 3.52. The first-order chi connectivity index (χ1) is 8.66. The fraction of sp³-hybridized carbons (Fsp3) is 0.385. The molecule has 1 amide bonds. The quantitative estimate of drug-likeness (QED) is 0.808. The predicted octanol–water partition coefficient (Wildman–Crippen LogP) is 0.841. The third kappa shape index (κ3) is 1.67. The molecule has 1 aliphatic rings. The van der Waals surface area contributed by atoms with Crippen LogP contribution in [0.4, 0.5) is 0 Å². The van der Waals surface area contributed by atoms with Gasteiger partial charge in [-0.3, -0.25) is 4.79 Å². The van der Waals surface area contributed by atoms with Crippen molar-refractivity contribution in [2.75, 3.05) is 20.6 Å². The molecule has 2 heterocycles. The van der Waals surface area contributed by atoms with Crippen molar-refractivity contribution in [2.45, 2.75) is 13.1 Å². The summed E-state index contributed by atoms with van der Waals surface area (Å²) in [6.45, 7) is 2.70. The van der Waals surface area contributed by atoms with E-state index >= 15 is 0 Å². The number of carbonyl (C=O) groups is 1. The van der Waals surface area contributed by atoms with Gasteiger partial charge in [-0.2, -0.15) is 0 Å². The molecule has 0 unspecified atom stereocenters. The normalized spacial score (nSPS) is 14.6. The minimum atomic E-state index is 0.0148. The molecule has 1 N–H and O–H groups in total. The van der Waals surface area contributed by atoms with Gasteiger partial charge in [0.1, 0.15) is 5.82 Å². The Morgan fingerprint density at radius 3 is 3.06 bits per heavy atom. The average molecular weight is 244 g/mol. The lowest BCUT2D eigenvalue weighted by atomic mass is 10.2. The average Bonchev–Trinajstić information content (AvgIpc) is 2.75. The maximum atomic E-state index is 11.9. The number of benzene rings is 1. The van der Waals surface area contributed by atoms with Crippen LogP contribution < -0.4 is 5.32 Å². The fourth-order valence-corrected chi connectivity index (χ4v) is 2.35. The topological polar surface area (TPSA) is 50.2 Å². The molecule has 0 saturated carbocycles. The van der Waals surface area contributed by atoms with E-state index in [9.17, 15) is 4.79 Å². The van der Waals surface area contributed by atoms with Crippen molar-refractivity contribution >= 4 is 16.9 Å². The molecule has 2 aromatic rings. The lowest BCUT2D eigenvalue weighted by Crippen LogP contribution is -2.28. The van der Waals surface area contributed by atoms with Crippen LogP contribution in [0.1, 0.15) is 16.2 Å². The molecule has 1 aromatic carbocycles. The third-order valence-electron chi connectivity index (χ3n) is 3.28. The van der Waals surface area contributed by atoms with Gasteiger partial charge >= 0.3 is 0 Å². The largest absolute Gasteiger partial charge is 0.345 e. The highest BCUT2D eigenvalue weighted by Gasteiger charge is 2.16. The van der Waals surface area contributed by atoms with E-state index in [1.54, 1.807) is 19.0 Å². The summed E-state index contributed by atoms with van der Waals surface area (Å²) in [6.07, 6.45) is 0. The van der Waals surface area contributed by atoms with Crippen LogP contribution in [0, 0.1) is 0 Å². The van der Waals surface area contributed by atoms with Crippen LogP contribution in [0.5, 0.6) is 0 Å². The van der Waals surface area contributed by atoms with E-state index in [0.29, 0.717) is 5.56 Å². The van der Waals surface area contributed by atoms with Crippen molar-refractivity contribution in [3.63, 3.8) is 0 Å². The molecule has 1 aromatic heterocycles. The first-order valence-electron chi connectivity index (χ1n) is 6.08. The summed E-state index contributed by atoms with van der Waals surface area (Å²) in [5, 5.41) is 3.30. The number of hydrogen-bond donors (Lipinski definition) is 1. The Morgan fingerprint density at radius 2 is 2.28 bits per heavy atom. The van der Waals surface area contributed by atoms with E-state index in [2.05, 4.69) is 14.9 Å². The lowest BCUT2D eigenvalue weighted by Gasteiger charge is -2.15. The fourth-order valence-electron chi connectivity index (χ4n) is 2.35. The Kier molecular flexibility index (Phi) is 2.56. The van der Waals surface area contributed by atoms with Gasteiger partial charge in [-0.15, -0.1) is 0 Å². The van der Waals surface area contributed by atoms with E-state index in [1.165, 1.54) is 0 Å². The second-order valence-electron chi connectivity index (χ2n) is 4.76. The molecule has 1 aliphatic heterocycles. The number of carbonyl (C=O) groups excluding carboxylic acids is 1. The third-order valence-corrected chi connectivity index (χ3v) is 3.28. The van der Waals surface area contributed by atoms with Crippen LogP contribution >= 0.6 is 0 Å². The number of aromatic nitrogens is 2. The van der Waals surface area contributed by atoms with Crippen LogP contribution in [0.15, 0.2) is 18.2 Å². The molecule has 0 spiro atoms. The number of nitrogens with one attached hydrogen (secondary N) is 1. The monoisotopic (exact) mass is 244 g/mol. The molecule has 18 heavy (non-hydrogen) atoms. The molecule has 0 bridgehead atoms. The maximum absolute atomic E-state index is 11.9. The minimum Gasteiger partial charge on any atom is -0.345 e. The van der Waals surface area contributed by atoms with Crippen molar-refractivity contribution in [3.8, 4) is 0 Å². The molecule has 3 rings (SSSR count). The van der Waals surface area contributed by atoms with Crippen molar-refractivity contribution in [2.24, 2.45) is 0 Å². The summed E-state index contributed by atoms with van der Waals surface area (Å²) in [5.41, 5.74) is 2.71. The number of amides is 1. The molecule has 94 valence electrons. The van der Waals surface area contributed by atoms with Crippen molar-refractivity contribution < 1.29 is 4.79 Å². The number of fused-ring (bicyclic) bond motifs is 3. The first-order valence-corrected chi connectivity index (χ1v) is 6.08. The standard InChI is InChI=1S/C13H16N4O/c1-16(2)13(18)9-3-4-11-10(7-9)15-12-8-14-5-6-17(11)12/h3-4,7,14H,5-6,8H2,1-2H3. The van der Waals surface area contributed by atoms with E-state index in [0.717, 1.165) is 36.5 Å². The molecule has 0 saturated heterocycles. The van der Waals surface area contributed by atoms with Crippen LogP contribution in [0.25, 0.3) is 11.0 Å². The highest BCUT2D eigenvalue weighted by atomic mass is 16.2. The summed E-state index contributed by atoms with van der Waals surface area (Å²) < 4.78 is 2.22. The molecule has 0 aliphatic carbocycles. The van der Waals surface area contributed by atoms with E-state index in [1.807, 2.05) is 18.2 Å². The van der Waals surface area contributed by atoms with E-state index in [4.69, 9.17) is 0 Å². The van der Waals surface area contributed by atoms with Crippen molar-refractivity contribution in [3.05, 3.63) is 29.6 Å². The maximum Gasteiger partial charge on any atom is 0.253 e. The van der Waals surface area contributed by atoms with Crippen LogP contribution in [-0.4, -0.2) is 41.0 Å². The Hall–Kier alpha value is -1.88. The minimum absolute atomic E-state index is 0.0148. The number of nitrogens with zero attached hydrogens (tertiary/aromatic N) is 3. The zero-order valence-corrected chi connectivity index (χ0v) is 10.6. The smallest absolute Gasteiger partial charge is 0.253 e. The van der Waals surface area contributed by atoms with Crippen molar-refractivity contribution in [1.82, 2.24) is 19.8 Å². The molecular weight excluding hydrogens is 228 g/mol. The van der Waals surface area contributed by atoms with Gasteiger partial charge in [-0.25, -0.2) is 4.98 Å². The van der Waals surface area contributed by atoms with Gasteiger partial charge < -0.3 is 14.8 Å². The zero-order valence-electron chi connectivity index (χ0n) is 10.6.